The minimum Gasteiger partial charge on any atom is -0.480 e. The number of aliphatic carboxylic acids is 2. The van der Waals surface area contributed by atoms with E-state index in [2.05, 4.69) is 11.4 Å². The van der Waals surface area contributed by atoms with Gasteiger partial charge in [-0.25, -0.2) is 13.6 Å². The lowest BCUT2D eigenvalue weighted by atomic mass is 9.59. The Morgan fingerprint density at radius 1 is 1.12 bits per heavy atom. The van der Waals surface area contributed by atoms with Gasteiger partial charge in [-0.1, -0.05) is 53.6 Å². The zero-order valence-electron chi connectivity index (χ0n) is 21.8. The molecular weight excluding hydrogens is 610 g/mol. The molecule has 4 N–H and O–H groups in total. The standard InChI is InChI=1S/C26H24Cl2F2N2O3.C2HF3O2/c1-25(35,14-6-3-2-4-7-14)24-26(13-31,17-11-10-15(27)12-19(17)29)20(22(32-24)23(33)34)16-8-5-9-18(28)21(16)30;3-2(4,5)1(6)7/h2-3,5,8-12,14,20,22,24,32,35H,4,6-7H2,1H3,(H,33,34);(H,6,7)/t14?,20-,22+,24+,25?,26+;/m0./s1. The van der Waals surface area contributed by atoms with Crippen molar-refractivity contribution in [3.63, 3.8) is 0 Å². The normalized spacial score (nSPS) is 26.9. The number of carbonyl (C=O) groups is 2. The molecule has 14 heteroatoms. The average Bonchev–Trinajstić information content (AvgIpc) is 3.27. The zero-order valence-corrected chi connectivity index (χ0v) is 23.3. The third kappa shape index (κ3) is 6.24. The number of carboxylic acids is 2. The van der Waals surface area contributed by atoms with Crippen LogP contribution in [0.2, 0.25) is 10.0 Å². The van der Waals surface area contributed by atoms with Crippen molar-refractivity contribution in [1.82, 2.24) is 5.32 Å². The highest BCUT2D eigenvalue weighted by Crippen LogP contribution is 2.54. The monoisotopic (exact) mass is 634 g/mol. The van der Waals surface area contributed by atoms with Gasteiger partial charge >= 0.3 is 18.1 Å². The van der Waals surface area contributed by atoms with E-state index in [4.69, 9.17) is 33.1 Å². The van der Waals surface area contributed by atoms with Gasteiger partial charge in [0, 0.05) is 16.5 Å². The van der Waals surface area contributed by atoms with Crippen LogP contribution in [0, 0.1) is 28.9 Å². The van der Waals surface area contributed by atoms with Gasteiger partial charge in [0.2, 0.25) is 0 Å². The molecule has 1 fully saturated rings. The molecule has 0 saturated carbocycles. The molecule has 2 aromatic carbocycles. The molecule has 6 atom stereocenters. The van der Waals surface area contributed by atoms with Gasteiger partial charge in [0.15, 0.2) is 0 Å². The minimum atomic E-state index is -5.08. The molecule has 2 aliphatic rings. The van der Waals surface area contributed by atoms with Gasteiger partial charge < -0.3 is 15.3 Å². The average molecular weight is 635 g/mol. The number of allylic oxidation sites excluding steroid dienone is 2. The summed E-state index contributed by atoms with van der Waals surface area (Å²) in [4.78, 5) is 21.4. The lowest BCUT2D eigenvalue weighted by molar-refractivity contribution is -0.192. The van der Waals surface area contributed by atoms with E-state index in [0.717, 1.165) is 6.07 Å². The predicted octanol–water partition coefficient (Wildman–Crippen LogP) is 5.98. The van der Waals surface area contributed by atoms with Crippen molar-refractivity contribution < 1.29 is 46.9 Å². The van der Waals surface area contributed by atoms with Crippen molar-refractivity contribution >= 4 is 35.1 Å². The van der Waals surface area contributed by atoms with Crippen molar-refractivity contribution in [2.45, 2.75) is 61.4 Å². The molecule has 226 valence electrons. The molecule has 2 aromatic rings. The molecule has 42 heavy (non-hydrogen) atoms. The highest BCUT2D eigenvalue weighted by Gasteiger charge is 2.66. The summed E-state index contributed by atoms with van der Waals surface area (Å²) in [6, 6.07) is 7.13. The summed E-state index contributed by atoms with van der Waals surface area (Å²) in [6.45, 7) is 1.52. The van der Waals surface area contributed by atoms with Gasteiger partial charge in [-0.05, 0) is 55.9 Å². The zero-order chi connectivity index (χ0) is 31.6. The predicted molar refractivity (Wildman–Crippen MR) is 142 cm³/mol. The minimum absolute atomic E-state index is 0.0753. The fourth-order valence-corrected chi connectivity index (χ4v) is 6.12. The van der Waals surface area contributed by atoms with Gasteiger partial charge in [0.1, 0.15) is 23.1 Å². The van der Waals surface area contributed by atoms with Crippen LogP contribution in [0.25, 0.3) is 0 Å². The summed E-state index contributed by atoms with van der Waals surface area (Å²) < 4.78 is 62.6. The van der Waals surface area contributed by atoms with Crippen LogP contribution in [-0.4, -0.2) is 51.1 Å². The van der Waals surface area contributed by atoms with Crippen LogP contribution in [0.4, 0.5) is 22.0 Å². The Morgan fingerprint density at radius 2 is 1.76 bits per heavy atom. The molecule has 2 unspecified atom stereocenters. The molecular formula is C28H25Cl2F5N2O5. The number of hydrogen-bond donors (Lipinski definition) is 4. The van der Waals surface area contributed by atoms with E-state index in [0.29, 0.717) is 19.3 Å². The summed E-state index contributed by atoms with van der Waals surface area (Å²) in [6.07, 6.45) is 0.577. The van der Waals surface area contributed by atoms with Crippen molar-refractivity contribution in [3.05, 3.63) is 81.4 Å². The first-order chi connectivity index (χ1) is 19.5. The maximum absolute atomic E-state index is 15.5. The molecule has 7 nitrogen and oxygen atoms in total. The number of nitrogens with zero attached hydrogens (tertiary/aromatic N) is 1. The smallest absolute Gasteiger partial charge is 0.480 e. The lowest BCUT2D eigenvalue weighted by Gasteiger charge is -2.45. The van der Waals surface area contributed by atoms with Gasteiger partial charge in [-0.2, -0.15) is 18.4 Å². The van der Waals surface area contributed by atoms with Crippen LogP contribution in [0.1, 0.15) is 43.2 Å². The number of halogens is 7. The second-order valence-corrected chi connectivity index (χ2v) is 11.0. The van der Waals surface area contributed by atoms with E-state index in [-0.39, 0.29) is 27.1 Å². The Hall–Kier alpha value is -3.24. The van der Waals surface area contributed by atoms with Crippen LogP contribution in [-0.2, 0) is 15.0 Å². The van der Waals surface area contributed by atoms with Crippen LogP contribution < -0.4 is 5.32 Å². The Morgan fingerprint density at radius 3 is 2.26 bits per heavy atom. The Kier molecular flexibility index (Phi) is 9.94. The first-order valence-corrected chi connectivity index (χ1v) is 13.2. The highest BCUT2D eigenvalue weighted by atomic mass is 35.5. The molecule has 1 aliphatic carbocycles. The van der Waals surface area contributed by atoms with Crippen molar-refractivity contribution in [3.8, 4) is 6.07 Å². The Bertz CT molecular complexity index is 1430. The second-order valence-electron chi connectivity index (χ2n) is 10.2. The van der Waals surface area contributed by atoms with Gasteiger partial charge in [-0.15, -0.1) is 0 Å². The number of benzene rings is 2. The number of carboxylic acid groups (broad SMARTS) is 2. The van der Waals surface area contributed by atoms with Crippen LogP contribution in [0.15, 0.2) is 48.6 Å². The van der Waals surface area contributed by atoms with Gasteiger partial charge in [0.25, 0.3) is 0 Å². The SMILES string of the molecule is CC(O)(C1CC=CCC1)[C@H]1N[C@@H](C(=O)O)[C@H](c2cccc(Cl)c2F)[C@@]1(C#N)c1ccc(Cl)cc1F.O=C(O)C(F)(F)F. The number of nitrogens with one attached hydrogen (secondary N) is 1. The number of rotatable bonds is 5. The first-order valence-electron chi connectivity index (χ1n) is 12.5. The first kappa shape index (κ1) is 33.3. The molecule has 1 aliphatic heterocycles. The molecule has 1 saturated heterocycles. The molecule has 0 amide bonds. The van der Waals surface area contributed by atoms with Crippen molar-refractivity contribution in [1.29, 1.82) is 5.26 Å². The van der Waals surface area contributed by atoms with E-state index >= 15 is 8.78 Å². The largest absolute Gasteiger partial charge is 0.490 e. The Labute approximate surface area is 247 Å². The van der Waals surface area contributed by atoms with E-state index in [9.17, 15) is 33.4 Å². The topological polar surface area (TPSA) is 131 Å². The van der Waals surface area contributed by atoms with E-state index in [1.165, 1.54) is 37.3 Å². The Balaban J connectivity index is 0.000000616. The van der Waals surface area contributed by atoms with E-state index < -0.39 is 58.8 Å². The van der Waals surface area contributed by atoms with Crippen LogP contribution >= 0.6 is 23.2 Å². The third-order valence-electron chi connectivity index (χ3n) is 7.69. The third-order valence-corrected chi connectivity index (χ3v) is 8.22. The maximum atomic E-state index is 15.5. The molecule has 0 bridgehead atoms. The highest BCUT2D eigenvalue weighted by molar-refractivity contribution is 6.31. The van der Waals surface area contributed by atoms with Crippen LogP contribution in [0.5, 0.6) is 0 Å². The van der Waals surface area contributed by atoms with E-state index in [1.807, 2.05) is 12.2 Å². The molecule has 1 heterocycles. The summed E-state index contributed by atoms with van der Waals surface area (Å²) in [5, 5.41) is 42.6. The molecule has 0 radical (unpaired) electrons. The fourth-order valence-electron chi connectivity index (χ4n) is 5.78. The summed E-state index contributed by atoms with van der Waals surface area (Å²) in [5.41, 5.74) is -4.02. The number of alkyl halides is 3. The summed E-state index contributed by atoms with van der Waals surface area (Å²) in [7, 11) is 0. The van der Waals surface area contributed by atoms with Crippen molar-refractivity contribution in [2.24, 2.45) is 5.92 Å². The lowest BCUT2D eigenvalue weighted by Crippen LogP contribution is -2.60. The number of aliphatic hydroxyl groups is 1. The number of nitriles is 1. The van der Waals surface area contributed by atoms with Gasteiger partial charge in [0.05, 0.1) is 22.7 Å². The van der Waals surface area contributed by atoms with Crippen LogP contribution in [0.3, 0.4) is 0 Å². The quantitative estimate of drug-likeness (QED) is 0.235. The molecule has 0 aromatic heterocycles. The molecule has 4 rings (SSSR count). The molecule has 0 spiro atoms. The van der Waals surface area contributed by atoms with Crippen molar-refractivity contribution in [2.75, 3.05) is 0 Å². The maximum Gasteiger partial charge on any atom is 0.490 e. The second kappa shape index (κ2) is 12.6. The summed E-state index contributed by atoms with van der Waals surface area (Å²) >= 11 is 12.0. The summed E-state index contributed by atoms with van der Waals surface area (Å²) in [5.74, 6) is -7.66. The fraction of sp³-hybridized carbons (Fsp3) is 0.393. The number of hydrogen-bond acceptors (Lipinski definition) is 5. The van der Waals surface area contributed by atoms with Gasteiger partial charge in [-0.3, -0.25) is 10.1 Å². The van der Waals surface area contributed by atoms with E-state index in [1.54, 1.807) is 0 Å².